The minimum Gasteiger partial charge on any atom is -0.378 e. The Balaban J connectivity index is 1.70. The van der Waals surface area contributed by atoms with Crippen LogP contribution in [0.3, 0.4) is 0 Å². The quantitative estimate of drug-likeness (QED) is 0.147. The van der Waals surface area contributed by atoms with Crippen LogP contribution in [0.2, 0.25) is 0 Å². The molecule has 1 heterocycles. The first-order chi connectivity index (χ1) is 21.3. The van der Waals surface area contributed by atoms with Crippen molar-refractivity contribution in [2.75, 3.05) is 0 Å². The van der Waals surface area contributed by atoms with Crippen molar-refractivity contribution >= 4 is 10.1 Å². The van der Waals surface area contributed by atoms with Gasteiger partial charge in [-0.05, 0) is 28.8 Å². The molecule has 4 aromatic rings. The van der Waals surface area contributed by atoms with Gasteiger partial charge < -0.3 is 4.18 Å². The molecular formula is C29H21F9N2O5S. The van der Waals surface area contributed by atoms with Gasteiger partial charge in [0.05, 0.1) is 13.1 Å². The van der Waals surface area contributed by atoms with Gasteiger partial charge in [0.25, 0.3) is 5.56 Å². The number of hydrogen-bond donors (Lipinski definition) is 0. The highest BCUT2D eigenvalue weighted by atomic mass is 32.2. The first-order valence-corrected chi connectivity index (χ1v) is 14.3. The molecule has 1 aromatic heterocycles. The third kappa shape index (κ3) is 6.54. The van der Waals surface area contributed by atoms with Gasteiger partial charge in [0.1, 0.15) is 5.75 Å². The molecule has 0 amide bonds. The lowest BCUT2D eigenvalue weighted by atomic mass is 10.1. The summed E-state index contributed by atoms with van der Waals surface area (Å²) in [5, 5.41) is -7.05. The minimum atomic E-state index is -7.47. The van der Waals surface area contributed by atoms with Gasteiger partial charge in [-0.2, -0.15) is 47.9 Å². The summed E-state index contributed by atoms with van der Waals surface area (Å²) < 4.78 is 150. The van der Waals surface area contributed by atoms with Crippen molar-refractivity contribution in [1.82, 2.24) is 9.13 Å². The molecule has 3 aromatic carbocycles. The van der Waals surface area contributed by atoms with E-state index in [1.54, 1.807) is 60.7 Å². The SMILES string of the molecule is O=c1c(Cc2cccc(OS(=O)(=O)C(F)(F)C(F)(F)C(F)(F)C(F)(F)F)c2)cn(Cc2ccccc2)c(=O)n1Cc1ccccc1. The van der Waals surface area contributed by atoms with E-state index >= 15 is 0 Å². The third-order valence-corrected chi connectivity index (χ3v) is 7.91. The number of nitrogens with zero attached hydrogens (tertiary/aromatic N) is 2. The molecule has 0 N–H and O–H groups in total. The zero-order valence-electron chi connectivity index (χ0n) is 23.0. The van der Waals surface area contributed by atoms with Gasteiger partial charge >= 0.3 is 39.1 Å². The second-order valence-corrected chi connectivity index (χ2v) is 11.5. The molecule has 0 fully saturated rings. The predicted octanol–water partition coefficient (Wildman–Crippen LogP) is 5.83. The van der Waals surface area contributed by atoms with E-state index in [0.717, 1.165) is 10.6 Å². The van der Waals surface area contributed by atoms with Crippen LogP contribution >= 0.6 is 0 Å². The van der Waals surface area contributed by atoms with E-state index in [-0.39, 0.29) is 24.2 Å². The summed E-state index contributed by atoms with van der Waals surface area (Å²) in [6.07, 6.45) is -6.45. The Bertz CT molecular complexity index is 1930. The highest BCUT2D eigenvalue weighted by molar-refractivity contribution is 7.88. The van der Waals surface area contributed by atoms with Crippen molar-refractivity contribution in [3.63, 3.8) is 0 Å². The fourth-order valence-corrected chi connectivity index (χ4v) is 5.16. The monoisotopic (exact) mass is 680 g/mol. The van der Waals surface area contributed by atoms with Crippen LogP contribution in [0.4, 0.5) is 39.5 Å². The Morgan fingerprint density at radius 2 is 1.17 bits per heavy atom. The van der Waals surface area contributed by atoms with Gasteiger partial charge in [-0.15, -0.1) is 0 Å². The van der Waals surface area contributed by atoms with Crippen molar-refractivity contribution in [3.8, 4) is 5.75 Å². The average Bonchev–Trinajstić information content (AvgIpc) is 2.98. The largest absolute Gasteiger partial charge is 0.460 e. The topological polar surface area (TPSA) is 87.4 Å². The van der Waals surface area contributed by atoms with Crippen LogP contribution in [0, 0.1) is 0 Å². The van der Waals surface area contributed by atoms with E-state index in [2.05, 4.69) is 4.18 Å². The molecule has 0 radical (unpaired) electrons. The van der Waals surface area contributed by atoms with Crippen LogP contribution in [0.1, 0.15) is 22.3 Å². The van der Waals surface area contributed by atoms with Gasteiger partial charge in [-0.25, -0.2) is 4.79 Å². The Morgan fingerprint density at radius 3 is 1.72 bits per heavy atom. The maximum atomic E-state index is 14.2. The Labute approximate surface area is 254 Å². The van der Waals surface area contributed by atoms with Crippen molar-refractivity contribution in [2.45, 2.75) is 42.8 Å². The number of alkyl halides is 9. The van der Waals surface area contributed by atoms with E-state index in [1.165, 1.54) is 16.8 Å². The summed E-state index contributed by atoms with van der Waals surface area (Å²) in [6.45, 7) is -0.149. The van der Waals surface area contributed by atoms with Crippen LogP contribution in [-0.4, -0.2) is 40.8 Å². The molecule has 0 aliphatic heterocycles. The summed E-state index contributed by atoms with van der Waals surface area (Å²) in [4.78, 5) is 26.7. The second-order valence-electron chi connectivity index (χ2n) is 9.95. The molecule has 0 bridgehead atoms. The number of aromatic nitrogens is 2. The molecule has 0 spiro atoms. The zero-order valence-corrected chi connectivity index (χ0v) is 23.8. The van der Waals surface area contributed by atoms with Crippen LogP contribution < -0.4 is 15.4 Å². The number of hydrogen-bond acceptors (Lipinski definition) is 5. The average molecular weight is 681 g/mol. The van der Waals surface area contributed by atoms with Gasteiger partial charge in [0, 0.05) is 18.2 Å². The highest BCUT2D eigenvalue weighted by Crippen LogP contribution is 2.55. The Hall–Kier alpha value is -4.54. The minimum absolute atomic E-state index is 0.00892. The summed E-state index contributed by atoms with van der Waals surface area (Å²) in [5.74, 6) is -16.1. The molecule has 0 aliphatic carbocycles. The summed E-state index contributed by atoms with van der Waals surface area (Å²) in [7, 11) is -7.17. The molecule has 0 unspecified atom stereocenters. The van der Waals surface area contributed by atoms with Crippen molar-refractivity contribution in [2.24, 2.45) is 0 Å². The standard InChI is InChI=1S/C29H21F9N2O5S/c30-26(31,28(34,35)36)27(32,33)29(37,38)46(43,44)45-23-13-7-12-21(15-23)14-22-18-39(16-19-8-3-1-4-9-19)25(42)40(24(22)41)17-20-10-5-2-6-11-20/h1-13,15,18H,14,16-17H2. The lowest BCUT2D eigenvalue weighted by molar-refractivity contribution is -0.382. The van der Waals surface area contributed by atoms with Gasteiger partial charge in [-0.3, -0.25) is 13.9 Å². The van der Waals surface area contributed by atoms with Crippen LogP contribution in [0.15, 0.2) is 101 Å². The van der Waals surface area contributed by atoms with Crippen molar-refractivity contribution in [3.05, 3.63) is 134 Å². The molecule has 4 rings (SSSR count). The predicted molar refractivity (Wildman–Crippen MR) is 146 cm³/mol. The van der Waals surface area contributed by atoms with E-state index in [4.69, 9.17) is 0 Å². The first kappa shape index (κ1) is 34.3. The fraction of sp³-hybridized carbons (Fsp3) is 0.241. The molecule has 246 valence electrons. The number of rotatable bonds is 11. The molecule has 0 aliphatic rings. The smallest absolute Gasteiger partial charge is 0.378 e. The molecule has 0 saturated carbocycles. The first-order valence-electron chi connectivity index (χ1n) is 12.9. The zero-order chi connectivity index (χ0) is 34.1. The van der Waals surface area contributed by atoms with E-state index in [0.29, 0.717) is 23.3 Å². The molecule has 0 atom stereocenters. The van der Waals surface area contributed by atoms with Crippen LogP contribution in [-0.2, 0) is 29.6 Å². The maximum absolute atomic E-state index is 14.2. The Kier molecular flexibility index (Phi) is 9.21. The molecule has 7 nitrogen and oxygen atoms in total. The van der Waals surface area contributed by atoms with Gasteiger partial charge in [-0.1, -0.05) is 72.8 Å². The van der Waals surface area contributed by atoms with E-state index in [9.17, 15) is 57.5 Å². The summed E-state index contributed by atoms with van der Waals surface area (Å²) in [5.41, 5.74) is -0.375. The maximum Gasteiger partial charge on any atom is 0.460 e. The van der Waals surface area contributed by atoms with Crippen molar-refractivity contribution in [1.29, 1.82) is 0 Å². The number of benzene rings is 3. The van der Waals surface area contributed by atoms with E-state index in [1.807, 2.05) is 0 Å². The normalized spacial score (nSPS) is 13.1. The summed E-state index contributed by atoms with van der Waals surface area (Å²) >= 11 is 0. The van der Waals surface area contributed by atoms with Gasteiger partial charge in [0.15, 0.2) is 0 Å². The third-order valence-electron chi connectivity index (χ3n) is 6.62. The lowest BCUT2D eigenvalue weighted by Gasteiger charge is -2.32. The Morgan fingerprint density at radius 1 is 0.652 bits per heavy atom. The molecule has 17 heteroatoms. The number of halogens is 9. The van der Waals surface area contributed by atoms with Gasteiger partial charge in [0.2, 0.25) is 0 Å². The van der Waals surface area contributed by atoms with Crippen molar-refractivity contribution < 1.29 is 52.1 Å². The second kappa shape index (κ2) is 12.3. The molecular weight excluding hydrogens is 659 g/mol. The fourth-order valence-electron chi connectivity index (χ4n) is 4.26. The van der Waals surface area contributed by atoms with Crippen LogP contribution in [0.25, 0.3) is 0 Å². The summed E-state index contributed by atoms with van der Waals surface area (Å²) in [6, 6.07) is 20.4. The highest BCUT2D eigenvalue weighted by Gasteiger charge is 2.86. The molecule has 46 heavy (non-hydrogen) atoms. The van der Waals surface area contributed by atoms with E-state index < -0.39 is 56.8 Å². The lowest BCUT2D eigenvalue weighted by Crippen LogP contribution is -2.63. The van der Waals surface area contributed by atoms with Crippen LogP contribution in [0.5, 0.6) is 5.75 Å². The molecule has 0 saturated heterocycles.